The molecule has 0 aliphatic heterocycles. The van der Waals surface area contributed by atoms with Gasteiger partial charge in [-0.05, 0) is 11.6 Å². The highest BCUT2D eigenvalue weighted by molar-refractivity contribution is 6.18. The van der Waals surface area contributed by atoms with Gasteiger partial charge in [-0.25, -0.2) is 4.79 Å². The van der Waals surface area contributed by atoms with Crippen molar-refractivity contribution in [2.45, 2.75) is 6.10 Å². The maximum Gasteiger partial charge on any atom is 0.330 e. The van der Waals surface area contributed by atoms with Crippen LogP contribution in [-0.2, 0) is 9.53 Å². The van der Waals surface area contributed by atoms with E-state index < -0.39 is 12.1 Å². The predicted molar refractivity (Wildman–Crippen MR) is 63.2 cm³/mol. The number of ether oxygens (including phenoxy) is 1. The number of aliphatic hydroxyl groups excluding tert-OH is 1. The van der Waals surface area contributed by atoms with Crippen molar-refractivity contribution >= 4 is 23.6 Å². The molecule has 86 valence electrons. The van der Waals surface area contributed by atoms with Crippen LogP contribution in [0.2, 0.25) is 0 Å². The fraction of sp³-hybridized carbons (Fsp3) is 0.250. The molecular weight excluding hydrogens is 228 g/mol. The van der Waals surface area contributed by atoms with Crippen LogP contribution in [0, 0.1) is 0 Å². The zero-order valence-corrected chi connectivity index (χ0v) is 9.43. The second-order valence-electron chi connectivity index (χ2n) is 3.18. The molecule has 0 aliphatic rings. The summed E-state index contributed by atoms with van der Waals surface area (Å²) in [4.78, 5) is 11.2. The SMILES string of the molecule is O=C(C=Cc1ccccc1)OCC(O)CCl. The number of rotatable bonds is 5. The second kappa shape index (κ2) is 7.04. The highest BCUT2D eigenvalue weighted by Crippen LogP contribution is 2.01. The molecule has 4 heteroatoms. The summed E-state index contributed by atoms with van der Waals surface area (Å²) in [6.07, 6.45) is 2.15. The van der Waals surface area contributed by atoms with Crippen molar-refractivity contribution in [2.75, 3.05) is 12.5 Å². The number of aliphatic hydroxyl groups is 1. The van der Waals surface area contributed by atoms with Crippen LogP contribution in [0.25, 0.3) is 6.08 Å². The molecule has 0 saturated carbocycles. The predicted octanol–water partition coefficient (Wildman–Crippen LogP) is 1.84. The fourth-order valence-corrected chi connectivity index (χ4v) is 1.09. The summed E-state index contributed by atoms with van der Waals surface area (Å²) in [6, 6.07) is 9.39. The standard InChI is InChI=1S/C12H13ClO3/c13-8-11(14)9-16-12(15)7-6-10-4-2-1-3-5-10/h1-7,11,14H,8-9H2. The van der Waals surface area contributed by atoms with Gasteiger partial charge < -0.3 is 9.84 Å². The Morgan fingerprint density at radius 3 is 2.75 bits per heavy atom. The lowest BCUT2D eigenvalue weighted by Crippen LogP contribution is -2.18. The number of halogens is 1. The van der Waals surface area contributed by atoms with Gasteiger partial charge in [-0.15, -0.1) is 11.6 Å². The summed E-state index contributed by atoms with van der Waals surface area (Å²) in [5, 5.41) is 9.06. The Morgan fingerprint density at radius 2 is 2.12 bits per heavy atom. The maximum absolute atomic E-state index is 11.2. The summed E-state index contributed by atoms with van der Waals surface area (Å²) in [5.74, 6) is -0.441. The summed E-state index contributed by atoms with van der Waals surface area (Å²) < 4.78 is 4.76. The minimum Gasteiger partial charge on any atom is -0.460 e. The molecule has 0 aromatic heterocycles. The van der Waals surface area contributed by atoms with E-state index in [1.807, 2.05) is 30.3 Å². The molecule has 0 spiro atoms. The third kappa shape index (κ3) is 4.96. The van der Waals surface area contributed by atoms with Gasteiger partial charge in [0.15, 0.2) is 0 Å². The van der Waals surface area contributed by atoms with Crippen molar-refractivity contribution in [2.24, 2.45) is 0 Å². The molecule has 0 radical (unpaired) electrons. The molecule has 0 heterocycles. The minimum atomic E-state index is -0.809. The van der Waals surface area contributed by atoms with Crippen LogP contribution in [0.4, 0.5) is 0 Å². The number of esters is 1. The normalized spacial score (nSPS) is 12.6. The van der Waals surface area contributed by atoms with Crippen molar-refractivity contribution in [3.63, 3.8) is 0 Å². The lowest BCUT2D eigenvalue weighted by atomic mass is 10.2. The first kappa shape index (κ1) is 12.7. The Kier molecular flexibility index (Phi) is 5.61. The van der Waals surface area contributed by atoms with Crippen molar-refractivity contribution in [3.8, 4) is 0 Å². The van der Waals surface area contributed by atoms with Gasteiger partial charge in [-0.3, -0.25) is 0 Å². The van der Waals surface area contributed by atoms with E-state index in [2.05, 4.69) is 0 Å². The van der Waals surface area contributed by atoms with Crippen LogP contribution in [0.1, 0.15) is 5.56 Å². The van der Waals surface area contributed by atoms with Gasteiger partial charge in [-0.2, -0.15) is 0 Å². The molecular formula is C12H13ClO3. The zero-order chi connectivity index (χ0) is 11.8. The van der Waals surface area contributed by atoms with Gasteiger partial charge in [-0.1, -0.05) is 30.3 Å². The summed E-state index contributed by atoms with van der Waals surface area (Å²) in [5.41, 5.74) is 0.914. The smallest absolute Gasteiger partial charge is 0.330 e. The molecule has 0 fully saturated rings. The van der Waals surface area contributed by atoms with E-state index in [1.165, 1.54) is 6.08 Å². The van der Waals surface area contributed by atoms with Gasteiger partial charge in [0.2, 0.25) is 0 Å². The molecule has 16 heavy (non-hydrogen) atoms. The highest BCUT2D eigenvalue weighted by Gasteiger charge is 2.04. The number of carbonyl (C=O) groups is 1. The van der Waals surface area contributed by atoms with E-state index in [9.17, 15) is 4.79 Å². The van der Waals surface area contributed by atoms with Crippen LogP contribution in [0.15, 0.2) is 36.4 Å². The topological polar surface area (TPSA) is 46.5 Å². The number of alkyl halides is 1. The minimum absolute atomic E-state index is 0.0513. The third-order valence-corrected chi connectivity index (χ3v) is 2.16. The van der Waals surface area contributed by atoms with Crippen LogP contribution in [-0.4, -0.2) is 29.7 Å². The number of benzene rings is 1. The van der Waals surface area contributed by atoms with Gasteiger partial charge in [0.1, 0.15) is 12.7 Å². The van der Waals surface area contributed by atoms with E-state index >= 15 is 0 Å². The summed E-state index contributed by atoms with van der Waals surface area (Å²) >= 11 is 5.35. The average molecular weight is 241 g/mol. The van der Waals surface area contributed by atoms with E-state index in [0.717, 1.165) is 5.56 Å². The molecule has 0 aliphatic carbocycles. The van der Waals surface area contributed by atoms with Gasteiger partial charge in [0.25, 0.3) is 0 Å². The van der Waals surface area contributed by atoms with Gasteiger partial charge >= 0.3 is 5.97 Å². The number of carbonyl (C=O) groups excluding carboxylic acids is 1. The van der Waals surface area contributed by atoms with E-state index in [-0.39, 0.29) is 12.5 Å². The van der Waals surface area contributed by atoms with Crippen molar-refractivity contribution in [3.05, 3.63) is 42.0 Å². The molecule has 1 unspecified atom stereocenters. The number of hydrogen-bond donors (Lipinski definition) is 1. The summed E-state index contributed by atoms with van der Waals surface area (Å²) in [7, 11) is 0. The zero-order valence-electron chi connectivity index (χ0n) is 8.67. The molecule has 0 amide bonds. The Bertz CT molecular complexity index is 349. The first-order chi connectivity index (χ1) is 7.72. The first-order valence-electron chi connectivity index (χ1n) is 4.86. The Balaban J connectivity index is 2.37. The van der Waals surface area contributed by atoms with Crippen molar-refractivity contribution in [1.82, 2.24) is 0 Å². The van der Waals surface area contributed by atoms with E-state index in [4.69, 9.17) is 21.4 Å². The maximum atomic E-state index is 11.2. The van der Waals surface area contributed by atoms with Gasteiger partial charge in [0, 0.05) is 6.08 Å². The molecule has 0 bridgehead atoms. The van der Waals surface area contributed by atoms with Crippen LogP contribution in [0.5, 0.6) is 0 Å². The summed E-state index contributed by atoms with van der Waals surface area (Å²) in [6.45, 7) is -0.0819. The molecule has 1 aromatic rings. The van der Waals surface area contributed by atoms with Crippen LogP contribution >= 0.6 is 11.6 Å². The van der Waals surface area contributed by atoms with E-state index in [1.54, 1.807) is 6.08 Å². The molecule has 1 N–H and O–H groups in total. The molecule has 0 saturated heterocycles. The lowest BCUT2D eigenvalue weighted by Gasteiger charge is -2.05. The first-order valence-corrected chi connectivity index (χ1v) is 5.39. The van der Waals surface area contributed by atoms with Crippen molar-refractivity contribution < 1.29 is 14.6 Å². The average Bonchev–Trinajstić information content (AvgIpc) is 2.34. The molecule has 1 atom stereocenters. The lowest BCUT2D eigenvalue weighted by molar-refractivity contribution is -0.140. The second-order valence-corrected chi connectivity index (χ2v) is 3.49. The number of hydrogen-bond acceptors (Lipinski definition) is 3. The van der Waals surface area contributed by atoms with Gasteiger partial charge in [0.05, 0.1) is 5.88 Å². The Morgan fingerprint density at radius 1 is 1.44 bits per heavy atom. The monoisotopic (exact) mass is 240 g/mol. The molecule has 1 rings (SSSR count). The highest BCUT2D eigenvalue weighted by atomic mass is 35.5. The molecule has 3 nitrogen and oxygen atoms in total. The Labute approximate surface area is 99.3 Å². The molecule has 1 aromatic carbocycles. The van der Waals surface area contributed by atoms with E-state index in [0.29, 0.717) is 0 Å². The van der Waals surface area contributed by atoms with Crippen LogP contribution < -0.4 is 0 Å². The third-order valence-electron chi connectivity index (χ3n) is 1.81. The largest absolute Gasteiger partial charge is 0.460 e. The quantitative estimate of drug-likeness (QED) is 0.485. The fourth-order valence-electron chi connectivity index (χ4n) is 0.999. The van der Waals surface area contributed by atoms with Crippen molar-refractivity contribution in [1.29, 1.82) is 0 Å². The van der Waals surface area contributed by atoms with Crippen LogP contribution in [0.3, 0.4) is 0 Å². The Hall–Kier alpha value is -1.32.